The second-order valence-electron chi connectivity index (χ2n) is 4.58. The Labute approximate surface area is 121 Å². The maximum absolute atomic E-state index is 11.4. The molecule has 0 atom stereocenters. The Morgan fingerprint density at radius 2 is 1.95 bits per heavy atom. The molecule has 0 radical (unpaired) electrons. The van der Waals surface area contributed by atoms with Crippen LogP contribution in [0.3, 0.4) is 0 Å². The Kier molecular flexibility index (Phi) is 4.32. The zero-order valence-corrected chi connectivity index (χ0v) is 11.8. The number of carboxylic acid groups (broad SMARTS) is 1. The summed E-state index contributed by atoms with van der Waals surface area (Å²) in [5.74, 6) is -1.23. The molecule has 0 bridgehead atoms. The van der Waals surface area contributed by atoms with E-state index in [9.17, 15) is 14.7 Å². The zero-order chi connectivity index (χ0) is 15.4. The van der Waals surface area contributed by atoms with Crippen molar-refractivity contribution in [2.24, 2.45) is 0 Å². The van der Waals surface area contributed by atoms with Crippen molar-refractivity contribution < 1.29 is 14.7 Å². The van der Waals surface area contributed by atoms with Crippen LogP contribution >= 0.6 is 0 Å². The number of aromatic nitrogens is 3. The van der Waals surface area contributed by atoms with Gasteiger partial charge in [0.15, 0.2) is 5.69 Å². The van der Waals surface area contributed by atoms with Crippen LogP contribution in [0.5, 0.6) is 0 Å². The highest BCUT2D eigenvalue weighted by atomic mass is 16.4. The van der Waals surface area contributed by atoms with Gasteiger partial charge in [0.2, 0.25) is 5.91 Å². The first-order chi connectivity index (χ1) is 10.0. The normalized spacial score (nSPS) is 10.4. The summed E-state index contributed by atoms with van der Waals surface area (Å²) in [6.45, 7) is 3.37. The molecule has 21 heavy (non-hydrogen) atoms. The molecule has 0 spiro atoms. The summed E-state index contributed by atoms with van der Waals surface area (Å²) >= 11 is 0. The van der Waals surface area contributed by atoms with Crippen molar-refractivity contribution >= 4 is 17.6 Å². The number of nitrogens with zero attached hydrogens (tertiary/aromatic N) is 3. The summed E-state index contributed by atoms with van der Waals surface area (Å²) < 4.78 is 1.30. The molecular formula is C14H16N4O3. The van der Waals surface area contributed by atoms with E-state index in [1.54, 1.807) is 24.3 Å². The molecule has 2 aromatic rings. The van der Waals surface area contributed by atoms with Crippen LogP contribution in [0.2, 0.25) is 0 Å². The lowest BCUT2D eigenvalue weighted by Gasteiger charge is -2.06. The van der Waals surface area contributed by atoms with Crippen LogP contribution in [-0.2, 0) is 11.2 Å². The van der Waals surface area contributed by atoms with E-state index in [0.29, 0.717) is 23.5 Å². The number of carboxylic acids is 1. The van der Waals surface area contributed by atoms with E-state index in [2.05, 4.69) is 15.6 Å². The number of benzene rings is 1. The number of rotatable bonds is 5. The van der Waals surface area contributed by atoms with Gasteiger partial charge < -0.3 is 10.4 Å². The van der Waals surface area contributed by atoms with Crippen LogP contribution in [0.1, 0.15) is 36.5 Å². The highest BCUT2D eigenvalue weighted by molar-refractivity contribution is 5.89. The Bertz CT molecular complexity index is 661. The summed E-state index contributed by atoms with van der Waals surface area (Å²) in [5, 5.41) is 19.8. The lowest BCUT2D eigenvalue weighted by Crippen LogP contribution is -2.10. The van der Waals surface area contributed by atoms with Crippen molar-refractivity contribution in [1.29, 1.82) is 0 Å². The average molecular weight is 288 g/mol. The topological polar surface area (TPSA) is 97.1 Å². The van der Waals surface area contributed by atoms with Crippen molar-refractivity contribution in [2.45, 2.75) is 26.7 Å². The molecule has 1 aromatic heterocycles. The Morgan fingerprint density at radius 1 is 1.29 bits per heavy atom. The third kappa shape index (κ3) is 3.25. The fourth-order valence-corrected chi connectivity index (χ4v) is 2.00. The lowest BCUT2D eigenvalue weighted by atomic mass is 10.2. The molecule has 1 heterocycles. The van der Waals surface area contributed by atoms with Gasteiger partial charge in [-0.3, -0.25) is 4.79 Å². The zero-order valence-electron chi connectivity index (χ0n) is 11.8. The smallest absolute Gasteiger partial charge is 0.356 e. The molecule has 110 valence electrons. The van der Waals surface area contributed by atoms with Gasteiger partial charge in [-0.15, -0.1) is 5.10 Å². The molecule has 1 amide bonds. The van der Waals surface area contributed by atoms with Crippen LogP contribution in [0.4, 0.5) is 5.69 Å². The van der Waals surface area contributed by atoms with E-state index in [1.165, 1.54) is 11.6 Å². The molecule has 0 aliphatic heterocycles. The molecule has 0 aliphatic carbocycles. The van der Waals surface area contributed by atoms with Crippen LogP contribution in [0, 0.1) is 0 Å². The molecule has 0 saturated heterocycles. The minimum Gasteiger partial charge on any atom is -0.476 e. The summed E-state index contributed by atoms with van der Waals surface area (Å²) in [4.78, 5) is 22.4. The molecular weight excluding hydrogens is 272 g/mol. The van der Waals surface area contributed by atoms with Gasteiger partial charge in [0, 0.05) is 12.6 Å². The minimum absolute atomic E-state index is 0.0733. The molecule has 0 fully saturated rings. The third-order valence-electron chi connectivity index (χ3n) is 2.86. The van der Waals surface area contributed by atoms with Crippen molar-refractivity contribution in [3.05, 3.63) is 35.7 Å². The van der Waals surface area contributed by atoms with Crippen molar-refractivity contribution in [3.8, 4) is 5.69 Å². The molecule has 2 rings (SSSR count). The SMILES string of the molecule is CCCc1nnn(-c2ccc(NC(C)=O)cc2)c1C(=O)O. The van der Waals surface area contributed by atoms with Gasteiger partial charge in [0.25, 0.3) is 0 Å². The number of carbonyl (C=O) groups excluding carboxylic acids is 1. The van der Waals surface area contributed by atoms with Crippen LogP contribution in [0.25, 0.3) is 5.69 Å². The second-order valence-corrected chi connectivity index (χ2v) is 4.58. The molecule has 0 unspecified atom stereocenters. The first-order valence-electron chi connectivity index (χ1n) is 6.58. The van der Waals surface area contributed by atoms with E-state index in [4.69, 9.17) is 0 Å². The van der Waals surface area contributed by atoms with Gasteiger partial charge in [-0.25, -0.2) is 9.48 Å². The number of anilines is 1. The first-order valence-corrected chi connectivity index (χ1v) is 6.58. The van der Waals surface area contributed by atoms with Gasteiger partial charge in [0.1, 0.15) is 0 Å². The Morgan fingerprint density at radius 3 is 2.48 bits per heavy atom. The van der Waals surface area contributed by atoms with Crippen LogP contribution in [-0.4, -0.2) is 32.0 Å². The summed E-state index contributed by atoms with van der Waals surface area (Å²) in [6, 6.07) is 6.73. The molecule has 2 N–H and O–H groups in total. The Hall–Kier alpha value is -2.70. The van der Waals surface area contributed by atoms with E-state index in [0.717, 1.165) is 6.42 Å². The standard InChI is InChI=1S/C14H16N4O3/c1-3-4-12-13(14(20)21)18(17-16-12)11-7-5-10(6-8-11)15-9(2)19/h5-8H,3-4H2,1-2H3,(H,15,19)(H,20,21). The highest BCUT2D eigenvalue weighted by Crippen LogP contribution is 2.17. The molecule has 7 nitrogen and oxygen atoms in total. The number of aromatic carboxylic acids is 1. The number of hydrogen-bond acceptors (Lipinski definition) is 4. The average Bonchev–Trinajstić information content (AvgIpc) is 2.83. The van der Waals surface area contributed by atoms with Gasteiger partial charge in [0.05, 0.1) is 11.4 Å². The summed E-state index contributed by atoms with van der Waals surface area (Å²) in [6.07, 6.45) is 1.35. The van der Waals surface area contributed by atoms with Crippen LogP contribution < -0.4 is 5.32 Å². The predicted octanol–water partition coefficient (Wildman–Crippen LogP) is 1.88. The first kappa shape index (κ1) is 14.7. The maximum atomic E-state index is 11.4. The number of carbonyl (C=O) groups is 2. The number of nitrogens with one attached hydrogen (secondary N) is 1. The van der Waals surface area contributed by atoms with Crippen LogP contribution in [0.15, 0.2) is 24.3 Å². The van der Waals surface area contributed by atoms with Crippen molar-refractivity contribution in [3.63, 3.8) is 0 Å². The maximum Gasteiger partial charge on any atom is 0.356 e. The van der Waals surface area contributed by atoms with E-state index < -0.39 is 5.97 Å². The largest absolute Gasteiger partial charge is 0.476 e. The fourth-order valence-electron chi connectivity index (χ4n) is 2.00. The summed E-state index contributed by atoms with van der Waals surface area (Å²) in [7, 11) is 0. The molecule has 7 heteroatoms. The molecule has 0 aliphatic rings. The van der Waals surface area contributed by atoms with Crippen molar-refractivity contribution in [1.82, 2.24) is 15.0 Å². The quantitative estimate of drug-likeness (QED) is 0.875. The second kappa shape index (κ2) is 6.17. The lowest BCUT2D eigenvalue weighted by molar-refractivity contribution is -0.114. The number of hydrogen-bond donors (Lipinski definition) is 2. The molecule has 1 aromatic carbocycles. The third-order valence-corrected chi connectivity index (χ3v) is 2.86. The summed E-state index contributed by atoms with van der Waals surface area (Å²) in [5.41, 5.74) is 1.76. The van der Waals surface area contributed by atoms with E-state index >= 15 is 0 Å². The van der Waals surface area contributed by atoms with Gasteiger partial charge in [-0.2, -0.15) is 0 Å². The minimum atomic E-state index is -1.06. The number of aryl methyl sites for hydroxylation is 1. The highest BCUT2D eigenvalue weighted by Gasteiger charge is 2.20. The predicted molar refractivity (Wildman–Crippen MR) is 76.6 cm³/mol. The monoisotopic (exact) mass is 288 g/mol. The van der Waals surface area contributed by atoms with Gasteiger partial charge in [-0.1, -0.05) is 18.6 Å². The number of amides is 1. The van der Waals surface area contributed by atoms with E-state index in [-0.39, 0.29) is 11.6 Å². The molecule has 0 saturated carbocycles. The van der Waals surface area contributed by atoms with Gasteiger partial charge >= 0.3 is 5.97 Å². The van der Waals surface area contributed by atoms with E-state index in [1.807, 2.05) is 6.92 Å². The van der Waals surface area contributed by atoms with Gasteiger partial charge in [-0.05, 0) is 30.7 Å². The van der Waals surface area contributed by atoms with Crippen molar-refractivity contribution in [2.75, 3.05) is 5.32 Å². The fraction of sp³-hybridized carbons (Fsp3) is 0.286. The Balaban J connectivity index is 2.37.